The van der Waals surface area contributed by atoms with Crippen LogP contribution < -0.4 is 5.73 Å². The van der Waals surface area contributed by atoms with Crippen LogP contribution in [0, 0.1) is 5.82 Å². The molecule has 0 aliphatic heterocycles. The molecule has 0 bridgehead atoms. The smallest absolute Gasteiger partial charge is 0.141 e. The van der Waals surface area contributed by atoms with E-state index in [0.29, 0.717) is 11.1 Å². The standard InChI is InChI=1S/C14H16FNO/c15-11-5-4-10-6-9-17-13(10)12(11)14(16)7-2-1-3-8-14/h4-6,9H,1-3,7-8,16H2. The maximum atomic E-state index is 14.1. The van der Waals surface area contributed by atoms with Gasteiger partial charge in [-0.25, -0.2) is 4.39 Å². The van der Waals surface area contributed by atoms with E-state index in [0.717, 1.165) is 31.1 Å². The van der Waals surface area contributed by atoms with Gasteiger partial charge in [0.1, 0.15) is 11.4 Å². The van der Waals surface area contributed by atoms with Gasteiger partial charge in [-0.05, 0) is 31.0 Å². The normalized spacial score (nSPS) is 19.6. The predicted octanol–water partition coefficient (Wildman–Crippen LogP) is 3.69. The highest BCUT2D eigenvalue weighted by Gasteiger charge is 2.34. The molecule has 0 saturated heterocycles. The molecular formula is C14H16FNO. The summed E-state index contributed by atoms with van der Waals surface area (Å²) in [7, 11) is 0. The minimum atomic E-state index is -0.556. The predicted molar refractivity (Wildman–Crippen MR) is 65.1 cm³/mol. The molecule has 1 aromatic carbocycles. The van der Waals surface area contributed by atoms with Gasteiger partial charge in [0.15, 0.2) is 0 Å². The van der Waals surface area contributed by atoms with Gasteiger partial charge in [0.2, 0.25) is 0 Å². The number of fused-ring (bicyclic) bond motifs is 1. The molecule has 0 atom stereocenters. The van der Waals surface area contributed by atoms with Crippen molar-refractivity contribution in [3.63, 3.8) is 0 Å². The summed E-state index contributed by atoms with van der Waals surface area (Å²) in [4.78, 5) is 0. The van der Waals surface area contributed by atoms with Gasteiger partial charge in [-0.2, -0.15) is 0 Å². The largest absolute Gasteiger partial charge is 0.464 e. The fourth-order valence-electron chi connectivity index (χ4n) is 2.90. The maximum absolute atomic E-state index is 14.1. The van der Waals surface area contributed by atoms with Gasteiger partial charge in [-0.15, -0.1) is 0 Å². The Morgan fingerprint density at radius 3 is 2.65 bits per heavy atom. The van der Waals surface area contributed by atoms with Crippen LogP contribution in [0.1, 0.15) is 37.7 Å². The Hall–Kier alpha value is -1.35. The van der Waals surface area contributed by atoms with Crippen molar-refractivity contribution in [1.82, 2.24) is 0 Å². The minimum absolute atomic E-state index is 0.239. The van der Waals surface area contributed by atoms with Crippen molar-refractivity contribution in [1.29, 1.82) is 0 Å². The molecule has 1 aliphatic carbocycles. The monoisotopic (exact) mass is 233 g/mol. The second kappa shape index (κ2) is 3.84. The van der Waals surface area contributed by atoms with E-state index in [-0.39, 0.29) is 5.82 Å². The highest BCUT2D eigenvalue weighted by atomic mass is 19.1. The molecule has 3 rings (SSSR count). The van der Waals surface area contributed by atoms with Crippen LogP contribution in [0.2, 0.25) is 0 Å². The Balaban J connectivity index is 2.20. The van der Waals surface area contributed by atoms with Gasteiger partial charge < -0.3 is 10.2 Å². The molecule has 0 radical (unpaired) electrons. The van der Waals surface area contributed by atoms with Crippen LogP contribution in [0.5, 0.6) is 0 Å². The first kappa shape index (κ1) is 10.8. The first-order valence-corrected chi connectivity index (χ1v) is 6.16. The number of halogens is 1. The molecule has 1 saturated carbocycles. The Bertz CT molecular complexity index is 540. The third-order valence-electron chi connectivity index (χ3n) is 3.81. The van der Waals surface area contributed by atoms with E-state index in [9.17, 15) is 4.39 Å². The van der Waals surface area contributed by atoms with Crippen LogP contribution in [0.4, 0.5) is 4.39 Å². The number of nitrogens with two attached hydrogens (primary N) is 1. The molecule has 1 heterocycles. The summed E-state index contributed by atoms with van der Waals surface area (Å²) in [6.45, 7) is 0. The van der Waals surface area contributed by atoms with Crippen LogP contribution in [0.15, 0.2) is 28.9 Å². The molecule has 90 valence electrons. The number of furan rings is 1. The van der Waals surface area contributed by atoms with Crippen LogP contribution in [-0.4, -0.2) is 0 Å². The lowest BCUT2D eigenvalue weighted by molar-refractivity contribution is 0.292. The Morgan fingerprint density at radius 1 is 1.12 bits per heavy atom. The molecule has 2 aromatic rings. The second-order valence-corrected chi connectivity index (χ2v) is 4.98. The fraction of sp³-hybridized carbons (Fsp3) is 0.429. The lowest BCUT2D eigenvalue weighted by Gasteiger charge is -2.34. The van der Waals surface area contributed by atoms with Crippen molar-refractivity contribution in [3.8, 4) is 0 Å². The molecule has 1 aromatic heterocycles. The van der Waals surface area contributed by atoms with Gasteiger partial charge in [-0.1, -0.05) is 19.3 Å². The van der Waals surface area contributed by atoms with E-state index < -0.39 is 5.54 Å². The second-order valence-electron chi connectivity index (χ2n) is 4.98. The average Bonchev–Trinajstić information content (AvgIpc) is 2.77. The van der Waals surface area contributed by atoms with Crippen molar-refractivity contribution in [3.05, 3.63) is 35.8 Å². The van der Waals surface area contributed by atoms with Gasteiger partial charge in [0.05, 0.1) is 11.8 Å². The third kappa shape index (κ3) is 1.65. The molecule has 17 heavy (non-hydrogen) atoms. The first-order chi connectivity index (χ1) is 8.21. The summed E-state index contributed by atoms with van der Waals surface area (Å²) in [5.74, 6) is -0.239. The van der Waals surface area contributed by atoms with Crippen molar-refractivity contribution in [2.24, 2.45) is 5.73 Å². The minimum Gasteiger partial charge on any atom is -0.464 e. The number of hydrogen-bond acceptors (Lipinski definition) is 2. The molecule has 1 fully saturated rings. The zero-order valence-corrected chi connectivity index (χ0v) is 9.71. The Labute approximate surface area is 99.6 Å². The van der Waals surface area contributed by atoms with E-state index in [1.54, 1.807) is 12.3 Å². The van der Waals surface area contributed by atoms with E-state index in [1.807, 2.05) is 6.07 Å². The maximum Gasteiger partial charge on any atom is 0.141 e. The van der Waals surface area contributed by atoms with Crippen molar-refractivity contribution in [2.45, 2.75) is 37.6 Å². The number of hydrogen-bond donors (Lipinski definition) is 1. The molecule has 1 aliphatic rings. The quantitative estimate of drug-likeness (QED) is 0.815. The molecule has 2 N–H and O–H groups in total. The van der Waals surface area contributed by atoms with Crippen molar-refractivity contribution >= 4 is 11.0 Å². The Morgan fingerprint density at radius 2 is 1.88 bits per heavy atom. The molecule has 0 amide bonds. The van der Waals surface area contributed by atoms with Crippen LogP contribution in [-0.2, 0) is 5.54 Å². The zero-order valence-electron chi connectivity index (χ0n) is 9.71. The third-order valence-corrected chi connectivity index (χ3v) is 3.81. The lowest BCUT2D eigenvalue weighted by atomic mass is 9.77. The van der Waals surface area contributed by atoms with E-state index in [1.165, 1.54) is 12.5 Å². The Kier molecular flexibility index (Phi) is 2.44. The summed E-state index contributed by atoms with van der Waals surface area (Å²) in [6, 6.07) is 5.09. The van der Waals surface area contributed by atoms with Gasteiger partial charge in [-0.3, -0.25) is 0 Å². The zero-order chi connectivity index (χ0) is 11.9. The van der Waals surface area contributed by atoms with Crippen LogP contribution >= 0.6 is 0 Å². The van der Waals surface area contributed by atoms with Crippen LogP contribution in [0.25, 0.3) is 11.0 Å². The summed E-state index contributed by atoms with van der Waals surface area (Å²) in [5, 5.41) is 0.928. The molecule has 3 heteroatoms. The van der Waals surface area contributed by atoms with Gasteiger partial charge >= 0.3 is 0 Å². The molecular weight excluding hydrogens is 217 g/mol. The topological polar surface area (TPSA) is 39.2 Å². The van der Waals surface area contributed by atoms with E-state index in [4.69, 9.17) is 10.2 Å². The van der Waals surface area contributed by atoms with Gasteiger partial charge in [0.25, 0.3) is 0 Å². The summed E-state index contributed by atoms with van der Waals surface area (Å²) >= 11 is 0. The average molecular weight is 233 g/mol. The highest BCUT2D eigenvalue weighted by molar-refractivity contribution is 5.81. The van der Waals surface area contributed by atoms with Crippen LogP contribution in [0.3, 0.4) is 0 Å². The lowest BCUT2D eigenvalue weighted by Crippen LogP contribution is -2.39. The molecule has 0 unspecified atom stereocenters. The highest BCUT2D eigenvalue weighted by Crippen LogP contribution is 2.39. The summed E-state index contributed by atoms with van der Waals surface area (Å²) in [6.07, 6.45) is 6.59. The number of rotatable bonds is 1. The number of benzene rings is 1. The van der Waals surface area contributed by atoms with Crippen molar-refractivity contribution in [2.75, 3.05) is 0 Å². The van der Waals surface area contributed by atoms with Gasteiger partial charge in [0, 0.05) is 10.9 Å². The fourth-order valence-corrected chi connectivity index (χ4v) is 2.90. The molecule has 0 spiro atoms. The SMILES string of the molecule is NC1(c2c(F)ccc3ccoc23)CCCCC1. The van der Waals surface area contributed by atoms with Crippen molar-refractivity contribution < 1.29 is 8.81 Å². The van der Waals surface area contributed by atoms with E-state index in [2.05, 4.69) is 0 Å². The van der Waals surface area contributed by atoms with E-state index >= 15 is 0 Å². The molecule has 2 nitrogen and oxygen atoms in total. The first-order valence-electron chi connectivity index (χ1n) is 6.16. The summed E-state index contributed by atoms with van der Waals surface area (Å²) in [5.41, 5.74) is 7.04. The summed E-state index contributed by atoms with van der Waals surface area (Å²) < 4.78 is 19.5.